The van der Waals surface area contributed by atoms with Crippen LogP contribution in [0.15, 0.2) is 59.5 Å². The summed E-state index contributed by atoms with van der Waals surface area (Å²) >= 11 is 0. The van der Waals surface area contributed by atoms with Gasteiger partial charge in [-0.05, 0) is 52.7 Å². The lowest BCUT2D eigenvalue weighted by atomic mass is 10.1. The Bertz CT molecular complexity index is 1240. The molecular weight excluding hydrogens is 431 g/mol. The molecule has 8 heteroatoms. The Labute approximate surface area is 188 Å². The van der Waals surface area contributed by atoms with Crippen LogP contribution in [0.5, 0.6) is 5.75 Å². The third-order valence-electron chi connectivity index (χ3n) is 5.39. The van der Waals surface area contributed by atoms with Crippen LogP contribution in [0.25, 0.3) is 10.8 Å². The van der Waals surface area contributed by atoms with Gasteiger partial charge in [0.15, 0.2) is 0 Å². The van der Waals surface area contributed by atoms with E-state index in [0.717, 1.165) is 34.2 Å². The van der Waals surface area contributed by atoms with Crippen LogP contribution in [0.2, 0.25) is 0 Å². The number of hydrogen-bond acceptors (Lipinski definition) is 4. The van der Waals surface area contributed by atoms with Gasteiger partial charge in [0.25, 0.3) is 5.91 Å². The summed E-state index contributed by atoms with van der Waals surface area (Å²) in [4.78, 5) is 14.2. The Morgan fingerprint density at radius 2 is 1.62 bits per heavy atom. The van der Waals surface area contributed by atoms with E-state index in [1.165, 1.54) is 15.3 Å². The van der Waals surface area contributed by atoms with E-state index in [4.69, 9.17) is 4.74 Å². The van der Waals surface area contributed by atoms with Crippen molar-refractivity contribution >= 4 is 26.7 Å². The van der Waals surface area contributed by atoms with Crippen LogP contribution in [-0.4, -0.2) is 50.8 Å². The van der Waals surface area contributed by atoms with Crippen LogP contribution >= 0.6 is 0 Å². The number of carbonyl (C=O) groups excluding carboxylic acids is 1. The SMILES string of the molecule is CCN(CC)S(=O)(=O)c1ccc(F)c(C(=O)N(C)Cc2ccc3cc(OC)ccc3c2)c1. The molecule has 32 heavy (non-hydrogen) atoms. The number of amides is 1. The zero-order valence-corrected chi connectivity index (χ0v) is 19.4. The van der Waals surface area contributed by atoms with Crippen molar-refractivity contribution in [1.82, 2.24) is 9.21 Å². The zero-order chi connectivity index (χ0) is 23.5. The molecule has 0 spiro atoms. The number of hydrogen-bond donors (Lipinski definition) is 0. The Kier molecular flexibility index (Phi) is 7.16. The van der Waals surface area contributed by atoms with Crippen molar-refractivity contribution < 1.29 is 22.3 Å². The number of nitrogens with zero attached hydrogens (tertiary/aromatic N) is 2. The van der Waals surface area contributed by atoms with Crippen molar-refractivity contribution in [3.63, 3.8) is 0 Å². The first-order valence-electron chi connectivity index (χ1n) is 10.3. The number of benzene rings is 3. The van der Waals surface area contributed by atoms with Gasteiger partial charge in [0.1, 0.15) is 11.6 Å². The Hall–Kier alpha value is -2.97. The maximum Gasteiger partial charge on any atom is 0.256 e. The number of methoxy groups -OCH3 is 1. The maximum atomic E-state index is 14.5. The second-order valence-electron chi connectivity index (χ2n) is 7.44. The molecule has 0 aliphatic heterocycles. The smallest absolute Gasteiger partial charge is 0.256 e. The van der Waals surface area contributed by atoms with Crippen molar-refractivity contribution in [3.8, 4) is 5.75 Å². The molecule has 170 valence electrons. The van der Waals surface area contributed by atoms with Gasteiger partial charge < -0.3 is 9.64 Å². The van der Waals surface area contributed by atoms with E-state index in [0.29, 0.717) is 0 Å². The van der Waals surface area contributed by atoms with Gasteiger partial charge in [0.2, 0.25) is 10.0 Å². The van der Waals surface area contributed by atoms with Gasteiger partial charge in [-0.25, -0.2) is 12.8 Å². The molecule has 0 unspecified atom stereocenters. The molecule has 3 rings (SSSR count). The standard InChI is InChI=1S/C24H27FN2O4S/c1-5-27(6-2)32(29,30)21-11-12-23(25)22(15-21)24(28)26(3)16-17-7-8-19-14-20(31-4)10-9-18(19)13-17/h7-15H,5-6,16H2,1-4H3. The first-order valence-corrected chi connectivity index (χ1v) is 11.8. The lowest BCUT2D eigenvalue weighted by molar-refractivity contribution is 0.0780. The summed E-state index contributed by atoms with van der Waals surface area (Å²) < 4.78 is 46.5. The van der Waals surface area contributed by atoms with E-state index < -0.39 is 21.7 Å². The van der Waals surface area contributed by atoms with E-state index in [1.54, 1.807) is 28.0 Å². The minimum absolute atomic E-state index is 0.0981. The van der Waals surface area contributed by atoms with Crippen molar-refractivity contribution in [3.05, 3.63) is 71.5 Å². The van der Waals surface area contributed by atoms with E-state index in [1.807, 2.05) is 36.4 Å². The second kappa shape index (κ2) is 9.67. The van der Waals surface area contributed by atoms with Crippen LogP contribution in [0.3, 0.4) is 0 Å². The molecule has 0 fully saturated rings. The van der Waals surface area contributed by atoms with E-state index in [9.17, 15) is 17.6 Å². The number of rotatable bonds is 8. The molecular formula is C24H27FN2O4S. The van der Waals surface area contributed by atoms with Gasteiger partial charge in [0, 0.05) is 26.7 Å². The summed E-state index contributed by atoms with van der Waals surface area (Å²) in [6, 6.07) is 14.8. The van der Waals surface area contributed by atoms with Crippen LogP contribution in [0.4, 0.5) is 4.39 Å². The van der Waals surface area contributed by atoms with Crippen LogP contribution < -0.4 is 4.74 Å². The minimum Gasteiger partial charge on any atom is -0.497 e. The number of carbonyl (C=O) groups is 1. The molecule has 6 nitrogen and oxygen atoms in total. The molecule has 3 aromatic rings. The molecule has 0 N–H and O–H groups in total. The Balaban J connectivity index is 1.86. The van der Waals surface area contributed by atoms with Crippen LogP contribution in [-0.2, 0) is 16.6 Å². The summed E-state index contributed by atoms with van der Waals surface area (Å²) in [5.74, 6) is -0.590. The van der Waals surface area contributed by atoms with Gasteiger partial charge in [-0.3, -0.25) is 4.79 Å². The first kappa shape index (κ1) is 23.7. The highest BCUT2D eigenvalue weighted by Gasteiger charge is 2.25. The van der Waals surface area contributed by atoms with Gasteiger partial charge in [-0.1, -0.05) is 32.0 Å². The van der Waals surface area contributed by atoms with Gasteiger partial charge in [0.05, 0.1) is 17.6 Å². The molecule has 0 bridgehead atoms. The van der Waals surface area contributed by atoms with Crippen molar-refractivity contribution in [1.29, 1.82) is 0 Å². The highest BCUT2D eigenvalue weighted by Crippen LogP contribution is 2.24. The van der Waals surface area contributed by atoms with E-state index in [-0.39, 0.29) is 30.1 Å². The normalized spacial score (nSPS) is 11.7. The lowest BCUT2D eigenvalue weighted by Gasteiger charge is -2.21. The summed E-state index contributed by atoms with van der Waals surface area (Å²) in [7, 11) is -0.633. The number of halogens is 1. The largest absolute Gasteiger partial charge is 0.497 e. The molecule has 3 aromatic carbocycles. The molecule has 0 saturated carbocycles. The third kappa shape index (κ3) is 4.76. The van der Waals surface area contributed by atoms with Gasteiger partial charge >= 0.3 is 0 Å². The highest BCUT2D eigenvalue weighted by molar-refractivity contribution is 7.89. The zero-order valence-electron chi connectivity index (χ0n) is 18.6. The summed E-state index contributed by atoms with van der Waals surface area (Å²) in [5, 5.41) is 1.99. The average molecular weight is 459 g/mol. The summed E-state index contributed by atoms with van der Waals surface area (Å²) in [5.41, 5.74) is 0.595. The molecule has 0 heterocycles. The molecule has 0 atom stereocenters. The summed E-state index contributed by atoms with van der Waals surface area (Å²) in [6.07, 6.45) is 0. The molecule has 0 aromatic heterocycles. The molecule has 0 radical (unpaired) electrons. The van der Waals surface area contributed by atoms with Crippen LogP contribution in [0, 0.1) is 5.82 Å². The number of sulfonamides is 1. The minimum atomic E-state index is -3.80. The van der Waals surface area contributed by atoms with Crippen LogP contribution in [0.1, 0.15) is 29.8 Å². The highest BCUT2D eigenvalue weighted by atomic mass is 32.2. The maximum absolute atomic E-state index is 14.5. The molecule has 0 aliphatic carbocycles. The first-order chi connectivity index (χ1) is 15.2. The fraction of sp³-hybridized carbons (Fsp3) is 0.292. The van der Waals surface area contributed by atoms with Crippen molar-refractivity contribution in [2.24, 2.45) is 0 Å². The quantitative estimate of drug-likeness (QED) is 0.505. The van der Waals surface area contributed by atoms with Crippen molar-refractivity contribution in [2.75, 3.05) is 27.2 Å². The fourth-order valence-corrected chi connectivity index (χ4v) is 5.08. The third-order valence-corrected chi connectivity index (χ3v) is 7.44. The average Bonchev–Trinajstić information content (AvgIpc) is 2.79. The topological polar surface area (TPSA) is 66.9 Å². The number of fused-ring (bicyclic) bond motifs is 1. The lowest BCUT2D eigenvalue weighted by Crippen LogP contribution is -2.31. The predicted octanol–water partition coefficient (Wildman–Crippen LogP) is 4.29. The number of ether oxygens (including phenoxy) is 1. The fourth-order valence-electron chi connectivity index (χ4n) is 3.59. The van der Waals surface area contributed by atoms with Crippen molar-refractivity contribution in [2.45, 2.75) is 25.3 Å². The molecule has 0 aliphatic rings. The van der Waals surface area contributed by atoms with Gasteiger partial charge in [-0.2, -0.15) is 4.31 Å². The van der Waals surface area contributed by atoms with Gasteiger partial charge in [-0.15, -0.1) is 0 Å². The Morgan fingerprint density at radius 1 is 0.969 bits per heavy atom. The Morgan fingerprint density at radius 3 is 2.28 bits per heavy atom. The summed E-state index contributed by atoms with van der Waals surface area (Å²) in [6.45, 7) is 4.27. The second-order valence-corrected chi connectivity index (χ2v) is 9.38. The monoisotopic (exact) mass is 458 g/mol. The molecule has 0 saturated heterocycles. The predicted molar refractivity (Wildman–Crippen MR) is 123 cm³/mol. The molecule has 1 amide bonds. The van der Waals surface area contributed by atoms with E-state index >= 15 is 0 Å². The van der Waals surface area contributed by atoms with E-state index in [2.05, 4.69) is 0 Å².